The Hall–Kier alpha value is -2.09. The van der Waals surface area contributed by atoms with Gasteiger partial charge < -0.3 is 10.1 Å². The number of hydrogen-bond acceptors (Lipinski definition) is 3. The number of ether oxygens (including phenoxy) is 1. The molecule has 0 amide bonds. The van der Waals surface area contributed by atoms with Gasteiger partial charge in [-0.05, 0) is 37.6 Å². The third-order valence-electron chi connectivity index (χ3n) is 4.28. The summed E-state index contributed by atoms with van der Waals surface area (Å²) in [7, 11) is 1.83. The zero-order valence-corrected chi connectivity index (χ0v) is 16.1. The van der Waals surface area contributed by atoms with Crippen molar-refractivity contribution in [2.24, 2.45) is 0 Å². The van der Waals surface area contributed by atoms with Crippen LogP contribution in [0.2, 0.25) is 0 Å². The van der Waals surface area contributed by atoms with Gasteiger partial charge in [-0.3, -0.25) is 0 Å². The molecule has 1 aromatic heterocycles. The highest BCUT2D eigenvalue weighted by molar-refractivity contribution is 5.19. The fraction of sp³-hybridized carbons (Fsp3) is 0.550. The van der Waals surface area contributed by atoms with Gasteiger partial charge in [0.05, 0.1) is 5.69 Å². The van der Waals surface area contributed by atoms with Crippen LogP contribution >= 0.6 is 0 Å². The number of aryl methyl sites for hydroxylation is 1. The van der Waals surface area contributed by atoms with Crippen LogP contribution in [0.25, 0.3) is 0 Å². The number of nitrogens with one attached hydrogen (secondary N) is 1. The maximum Gasteiger partial charge on any atom is 0.389 e. The topological polar surface area (TPSA) is 39.1 Å². The molecule has 0 saturated carbocycles. The summed E-state index contributed by atoms with van der Waals surface area (Å²) in [4.78, 5) is 0. The first-order valence-electron chi connectivity index (χ1n) is 9.53. The van der Waals surface area contributed by atoms with Gasteiger partial charge in [0, 0.05) is 25.6 Å². The molecule has 0 aliphatic rings. The van der Waals surface area contributed by atoms with E-state index < -0.39 is 12.6 Å². The minimum absolute atomic E-state index is 0.184. The maximum atomic E-state index is 13.0. The summed E-state index contributed by atoms with van der Waals surface area (Å²) in [6, 6.07) is 7.99. The zero-order valence-electron chi connectivity index (χ0n) is 16.1. The third-order valence-corrected chi connectivity index (χ3v) is 4.28. The largest absolute Gasteiger partial charge is 0.473 e. The SMILES string of the molecule is CNCc1cc(OCc2ccc(F)cc2)n(CCCCCCCC(F)(F)F)n1. The molecule has 0 bridgehead atoms. The summed E-state index contributed by atoms with van der Waals surface area (Å²) >= 11 is 0. The minimum Gasteiger partial charge on any atom is -0.473 e. The Kier molecular flexibility index (Phi) is 8.76. The van der Waals surface area contributed by atoms with Crippen LogP contribution in [0, 0.1) is 5.82 Å². The molecule has 8 heteroatoms. The van der Waals surface area contributed by atoms with E-state index in [4.69, 9.17) is 4.74 Å². The van der Waals surface area contributed by atoms with E-state index in [0.717, 1.165) is 30.5 Å². The van der Waals surface area contributed by atoms with E-state index in [2.05, 4.69) is 10.4 Å². The molecule has 0 aliphatic carbocycles. The molecule has 0 saturated heterocycles. The van der Waals surface area contributed by atoms with Gasteiger partial charge in [0.1, 0.15) is 12.4 Å². The van der Waals surface area contributed by atoms with Crippen LogP contribution < -0.4 is 10.1 Å². The average Bonchev–Trinajstić information content (AvgIpc) is 3.01. The molecule has 0 radical (unpaired) electrons. The quantitative estimate of drug-likeness (QED) is 0.391. The van der Waals surface area contributed by atoms with Gasteiger partial charge in [-0.2, -0.15) is 18.3 Å². The monoisotopic (exact) mass is 401 g/mol. The van der Waals surface area contributed by atoms with E-state index in [1.165, 1.54) is 12.1 Å². The van der Waals surface area contributed by atoms with Crippen LogP contribution in [0.3, 0.4) is 0 Å². The lowest BCUT2D eigenvalue weighted by molar-refractivity contribution is -0.135. The van der Waals surface area contributed by atoms with E-state index in [0.29, 0.717) is 32.0 Å². The molecule has 1 aromatic carbocycles. The van der Waals surface area contributed by atoms with Crippen molar-refractivity contribution < 1.29 is 22.3 Å². The van der Waals surface area contributed by atoms with E-state index in [-0.39, 0.29) is 12.2 Å². The van der Waals surface area contributed by atoms with Crippen LogP contribution in [-0.4, -0.2) is 23.0 Å². The van der Waals surface area contributed by atoms with Gasteiger partial charge in [-0.15, -0.1) is 0 Å². The fourth-order valence-electron chi connectivity index (χ4n) is 2.85. The Morgan fingerprint density at radius 1 is 1.04 bits per heavy atom. The Labute approximate surface area is 162 Å². The minimum atomic E-state index is -4.06. The van der Waals surface area contributed by atoms with Crippen molar-refractivity contribution in [3.63, 3.8) is 0 Å². The van der Waals surface area contributed by atoms with Crippen molar-refractivity contribution >= 4 is 0 Å². The van der Waals surface area contributed by atoms with E-state index in [1.54, 1.807) is 16.8 Å². The second-order valence-electron chi connectivity index (χ2n) is 6.78. The average molecular weight is 401 g/mol. The summed E-state index contributed by atoms with van der Waals surface area (Å²) in [6.45, 7) is 1.56. The van der Waals surface area contributed by atoms with Crippen LogP contribution in [0.15, 0.2) is 30.3 Å². The summed E-state index contributed by atoms with van der Waals surface area (Å²) in [5.74, 6) is 0.340. The molecule has 0 atom stereocenters. The first-order valence-corrected chi connectivity index (χ1v) is 9.53. The van der Waals surface area contributed by atoms with Crippen molar-refractivity contribution in [1.29, 1.82) is 0 Å². The molecule has 0 fully saturated rings. The van der Waals surface area contributed by atoms with Gasteiger partial charge in [0.25, 0.3) is 0 Å². The Bertz CT molecular complexity index is 698. The molecule has 2 rings (SSSR count). The molecule has 1 heterocycles. The van der Waals surface area contributed by atoms with Gasteiger partial charge in [0.2, 0.25) is 5.88 Å². The number of alkyl halides is 3. The smallest absolute Gasteiger partial charge is 0.389 e. The van der Waals surface area contributed by atoms with Crippen molar-refractivity contribution in [2.75, 3.05) is 7.05 Å². The molecule has 0 aliphatic heterocycles. The summed E-state index contributed by atoms with van der Waals surface area (Å²) in [6.07, 6.45) is -1.57. The molecule has 1 N–H and O–H groups in total. The summed E-state index contributed by atoms with van der Waals surface area (Å²) < 4.78 is 57.0. The number of nitrogens with zero attached hydrogens (tertiary/aromatic N) is 2. The van der Waals surface area contributed by atoms with Crippen molar-refractivity contribution in [1.82, 2.24) is 15.1 Å². The Balaban J connectivity index is 1.80. The van der Waals surface area contributed by atoms with Gasteiger partial charge >= 0.3 is 6.18 Å². The number of benzene rings is 1. The first kappa shape index (κ1) is 22.2. The normalized spacial score (nSPS) is 11.8. The van der Waals surface area contributed by atoms with Gasteiger partial charge in [-0.1, -0.05) is 31.4 Å². The standard InChI is InChI=1S/C20H27F4N3O/c1-25-14-18-13-19(28-15-16-7-9-17(21)10-8-16)27(26-18)12-6-4-2-3-5-11-20(22,23)24/h7-10,13,25H,2-6,11-12,14-15H2,1H3. The molecule has 2 aromatic rings. The number of rotatable bonds is 12. The summed E-state index contributed by atoms with van der Waals surface area (Å²) in [5, 5.41) is 7.56. The predicted molar refractivity (Wildman–Crippen MR) is 99.5 cm³/mol. The fourth-order valence-corrected chi connectivity index (χ4v) is 2.85. The third kappa shape index (κ3) is 8.29. The molecule has 156 valence electrons. The van der Waals surface area contributed by atoms with E-state index >= 15 is 0 Å². The van der Waals surface area contributed by atoms with E-state index in [9.17, 15) is 17.6 Å². The first-order chi connectivity index (χ1) is 13.4. The van der Waals surface area contributed by atoms with Gasteiger partial charge in [0.15, 0.2) is 0 Å². The zero-order chi connectivity index (χ0) is 20.4. The van der Waals surface area contributed by atoms with Crippen LogP contribution in [0.4, 0.5) is 17.6 Å². The second-order valence-corrected chi connectivity index (χ2v) is 6.78. The van der Waals surface area contributed by atoms with Gasteiger partial charge in [-0.25, -0.2) is 9.07 Å². The van der Waals surface area contributed by atoms with Crippen LogP contribution in [0.5, 0.6) is 5.88 Å². The highest BCUT2D eigenvalue weighted by Gasteiger charge is 2.25. The lowest BCUT2D eigenvalue weighted by Crippen LogP contribution is -2.08. The van der Waals surface area contributed by atoms with Crippen LogP contribution in [-0.2, 0) is 19.7 Å². The molecule has 0 spiro atoms. The summed E-state index contributed by atoms with van der Waals surface area (Å²) in [5.41, 5.74) is 1.70. The van der Waals surface area contributed by atoms with Crippen molar-refractivity contribution in [3.05, 3.63) is 47.4 Å². The van der Waals surface area contributed by atoms with E-state index in [1.807, 2.05) is 13.1 Å². The molecule has 0 unspecified atom stereocenters. The molecule has 28 heavy (non-hydrogen) atoms. The second kappa shape index (κ2) is 11.0. The highest BCUT2D eigenvalue weighted by Crippen LogP contribution is 2.23. The number of halogens is 4. The predicted octanol–water partition coefficient (Wildman–Crippen LogP) is 5.22. The molecular formula is C20H27F4N3O. The van der Waals surface area contributed by atoms with Crippen molar-refractivity contribution in [2.45, 2.75) is 64.4 Å². The Morgan fingerprint density at radius 3 is 2.39 bits per heavy atom. The number of aromatic nitrogens is 2. The lowest BCUT2D eigenvalue weighted by Gasteiger charge is -2.09. The molecule has 4 nitrogen and oxygen atoms in total. The Morgan fingerprint density at radius 2 is 1.71 bits per heavy atom. The lowest BCUT2D eigenvalue weighted by atomic mass is 10.1. The maximum absolute atomic E-state index is 13.0. The highest BCUT2D eigenvalue weighted by atomic mass is 19.4. The number of hydrogen-bond donors (Lipinski definition) is 1. The van der Waals surface area contributed by atoms with Crippen molar-refractivity contribution in [3.8, 4) is 5.88 Å². The number of unbranched alkanes of at least 4 members (excludes halogenated alkanes) is 4. The van der Waals surface area contributed by atoms with Crippen LogP contribution in [0.1, 0.15) is 49.8 Å². The molecular weight excluding hydrogens is 374 g/mol.